The highest BCUT2D eigenvalue weighted by Gasteiger charge is 2.28. The molecule has 1 aliphatic rings. The highest BCUT2D eigenvalue weighted by molar-refractivity contribution is 7.86. The summed E-state index contributed by atoms with van der Waals surface area (Å²) in [6.07, 6.45) is -0.395. The van der Waals surface area contributed by atoms with E-state index in [0.717, 1.165) is 12.1 Å². The molecule has 98 valence electrons. The summed E-state index contributed by atoms with van der Waals surface area (Å²) in [4.78, 5) is 11.7. The average Bonchev–Trinajstić information content (AvgIpc) is 2.28. The maximum atomic E-state index is 12.7. The number of benzene rings is 1. The molecule has 7 heteroatoms. The number of rotatable bonds is 2. The number of hydrogen-bond acceptors (Lipinski definition) is 5. The summed E-state index contributed by atoms with van der Waals surface area (Å²) in [5.74, 6) is -1.47. The third kappa shape index (κ3) is 3.27. The standard InChI is InChI=1S/C11H11FO5S/c12-9-3-1-8(2-4-9)11(13)17-10-5-6-16-18(14,15)7-10/h1-4,10H,5-7H2. The summed E-state index contributed by atoms with van der Waals surface area (Å²) >= 11 is 0. The highest BCUT2D eigenvalue weighted by atomic mass is 32.2. The van der Waals surface area contributed by atoms with Crippen molar-refractivity contribution in [1.29, 1.82) is 0 Å². The van der Waals surface area contributed by atoms with Gasteiger partial charge in [0.15, 0.2) is 0 Å². The lowest BCUT2D eigenvalue weighted by Gasteiger charge is -2.21. The molecule has 1 heterocycles. The fourth-order valence-corrected chi connectivity index (χ4v) is 2.70. The number of hydrogen-bond donors (Lipinski definition) is 0. The van der Waals surface area contributed by atoms with E-state index in [2.05, 4.69) is 4.18 Å². The first kappa shape index (κ1) is 13.0. The zero-order chi connectivity index (χ0) is 13.2. The first-order chi connectivity index (χ1) is 8.46. The van der Waals surface area contributed by atoms with Crippen molar-refractivity contribution in [3.8, 4) is 0 Å². The largest absolute Gasteiger partial charge is 0.458 e. The van der Waals surface area contributed by atoms with Crippen molar-refractivity contribution in [2.75, 3.05) is 12.4 Å². The summed E-state index contributed by atoms with van der Waals surface area (Å²) in [7, 11) is -3.60. The Kier molecular flexibility index (Phi) is 3.63. The van der Waals surface area contributed by atoms with E-state index in [4.69, 9.17) is 4.74 Å². The van der Waals surface area contributed by atoms with Gasteiger partial charge in [-0.3, -0.25) is 4.18 Å². The van der Waals surface area contributed by atoms with E-state index in [1.165, 1.54) is 12.1 Å². The van der Waals surface area contributed by atoms with Crippen LogP contribution in [0.1, 0.15) is 16.8 Å². The molecule has 1 aromatic carbocycles. The maximum absolute atomic E-state index is 12.7. The molecule has 1 saturated heterocycles. The van der Waals surface area contributed by atoms with Gasteiger partial charge in [0.05, 0.1) is 12.2 Å². The minimum absolute atomic E-state index is 0.00367. The van der Waals surface area contributed by atoms with Gasteiger partial charge in [-0.05, 0) is 24.3 Å². The molecule has 0 aromatic heterocycles. The van der Waals surface area contributed by atoms with Crippen LogP contribution in [0.3, 0.4) is 0 Å². The van der Waals surface area contributed by atoms with Crippen LogP contribution >= 0.6 is 0 Å². The van der Waals surface area contributed by atoms with Crippen molar-refractivity contribution in [1.82, 2.24) is 0 Å². The number of carbonyl (C=O) groups excluding carboxylic acids is 1. The first-order valence-electron chi connectivity index (χ1n) is 5.30. The first-order valence-corrected chi connectivity index (χ1v) is 6.88. The van der Waals surface area contributed by atoms with Gasteiger partial charge in [0.2, 0.25) is 0 Å². The molecule has 18 heavy (non-hydrogen) atoms. The fourth-order valence-electron chi connectivity index (χ4n) is 1.56. The minimum Gasteiger partial charge on any atom is -0.458 e. The van der Waals surface area contributed by atoms with Gasteiger partial charge in [-0.1, -0.05) is 0 Å². The Labute approximate surface area is 104 Å². The van der Waals surface area contributed by atoms with Gasteiger partial charge in [-0.2, -0.15) is 8.42 Å². The van der Waals surface area contributed by atoms with Gasteiger partial charge in [-0.25, -0.2) is 9.18 Å². The molecule has 0 N–H and O–H groups in total. The van der Waals surface area contributed by atoms with Crippen LogP contribution in [0.15, 0.2) is 24.3 Å². The maximum Gasteiger partial charge on any atom is 0.338 e. The average molecular weight is 274 g/mol. The summed E-state index contributed by atoms with van der Waals surface area (Å²) in [5.41, 5.74) is 0.181. The molecule has 1 aromatic rings. The van der Waals surface area contributed by atoms with Gasteiger partial charge in [0, 0.05) is 6.42 Å². The Morgan fingerprint density at radius 3 is 2.61 bits per heavy atom. The molecule has 2 rings (SSSR count). The lowest BCUT2D eigenvalue weighted by Crippen LogP contribution is -2.34. The Hall–Kier alpha value is -1.47. The van der Waals surface area contributed by atoms with E-state index in [9.17, 15) is 17.6 Å². The van der Waals surface area contributed by atoms with Crippen molar-refractivity contribution in [3.63, 3.8) is 0 Å². The smallest absolute Gasteiger partial charge is 0.338 e. The number of esters is 1. The van der Waals surface area contributed by atoms with E-state index in [1.54, 1.807) is 0 Å². The topological polar surface area (TPSA) is 69.7 Å². The van der Waals surface area contributed by atoms with E-state index in [1.807, 2.05) is 0 Å². The lowest BCUT2D eigenvalue weighted by atomic mass is 10.2. The minimum atomic E-state index is -3.60. The van der Waals surface area contributed by atoms with Crippen LogP contribution in [-0.2, 0) is 19.0 Å². The van der Waals surface area contributed by atoms with Gasteiger partial charge < -0.3 is 4.74 Å². The summed E-state index contributed by atoms with van der Waals surface area (Å²) in [6.45, 7) is 0.00367. The van der Waals surface area contributed by atoms with E-state index < -0.39 is 28.0 Å². The van der Waals surface area contributed by atoms with E-state index in [0.29, 0.717) is 6.42 Å². The number of ether oxygens (including phenoxy) is 1. The van der Waals surface area contributed by atoms with Crippen LogP contribution in [-0.4, -0.2) is 32.9 Å². The SMILES string of the molecule is O=C(OC1CCOS(=O)(=O)C1)c1ccc(F)cc1. The van der Waals surface area contributed by atoms with E-state index >= 15 is 0 Å². The summed E-state index contributed by atoms with van der Waals surface area (Å²) in [6, 6.07) is 4.84. The van der Waals surface area contributed by atoms with Crippen molar-refractivity contribution in [2.24, 2.45) is 0 Å². The zero-order valence-corrected chi connectivity index (χ0v) is 10.2. The van der Waals surface area contributed by atoms with Crippen LogP contribution in [0.25, 0.3) is 0 Å². The molecule has 1 aliphatic heterocycles. The Morgan fingerprint density at radius 2 is 2.00 bits per heavy atom. The Balaban J connectivity index is 2.01. The van der Waals surface area contributed by atoms with Crippen molar-refractivity contribution < 1.29 is 26.5 Å². The second kappa shape index (κ2) is 5.03. The Bertz CT molecular complexity index is 537. The molecule has 0 bridgehead atoms. The fraction of sp³-hybridized carbons (Fsp3) is 0.364. The van der Waals surface area contributed by atoms with Gasteiger partial charge in [0.25, 0.3) is 10.1 Å². The van der Waals surface area contributed by atoms with Crippen molar-refractivity contribution in [3.05, 3.63) is 35.6 Å². The third-order valence-electron chi connectivity index (χ3n) is 2.45. The lowest BCUT2D eigenvalue weighted by molar-refractivity contribution is 0.0270. The predicted molar refractivity (Wildman–Crippen MR) is 60.0 cm³/mol. The molecule has 1 atom stereocenters. The van der Waals surface area contributed by atoms with Gasteiger partial charge in [-0.15, -0.1) is 0 Å². The summed E-state index contributed by atoms with van der Waals surface area (Å²) < 4.78 is 44.5. The molecule has 0 radical (unpaired) electrons. The molecule has 0 spiro atoms. The third-order valence-corrected chi connectivity index (χ3v) is 3.75. The molecular weight excluding hydrogens is 263 g/mol. The second-order valence-corrected chi connectivity index (χ2v) is 5.55. The number of halogens is 1. The second-order valence-electron chi connectivity index (χ2n) is 3.87. The molecule has 5 nitrogen and oxygen atoms in total. The predicted octanol–water partition coefficient (Wildman–Crippen LogP) is 1.10. The van der Waals surface area contributed by atoms with Crippen LogP contribution in [0, 0.1) is 5.82 Å². The monoisotopic (exact) mass is 274 g/mol. The van der Waals surface area contributed by atoms with Crippen LogP contribution in [0.4, 0.5) is 4.39 Å². The van der Waals surface area contributed by atoms with Crippen molar-refractivity contribution in [2.45, 2.75) is 12.5 Å². The van der Waals surface area contributed by atoms with Gasteiger partial charge >= 0.3 is 5.97 Å². The molecular formula is C11H11FO5S. The van der Waals surface area contributed by atoms with Crippen LogP contribution in [0.2, 0.25) is 0 Å². The molecule has 1 fully saturated rings. The van der Waals surface area contributed by atoms with Crippen LogP contribution < -0.4 is 0 Å². The normalized spacial score (nSPS) is 22.4. The molecule has 0 saturated carbocycles. The number of carbonyl (C=O) groups is 1. The highest BCUT2D eigenvalue weighted by Crippen LogP contribution is 2.15. The summed E-state index contributed by atoms with van der Waals surface area (Å²) in [5, 5.41) is 0. The Morgan fingerprint density at radius 1 is 1.33 bits per heavy atom. The van der Waals surface area contributed by atoms with Crippen molar-refractivity contribution >= 4 is 16.1 Å². The molecule has 0 amide bonds. The zero-order valence-electron chi connectivity index (χ0n) is 9.34. The molecule has 0 aliphatic carbocycles. The quantitative estimate of drug-likeness (QED) is 0.596. The van der Waals surface area contributed by atoms with Crippen LogP contribution in [0.5, 0.6) is 0 Å². The van der Waals surface area contributed by atoms with Gasteiger partial charge in [0.1, 0.15) is 17.7 Å². The van der Waals surface area contributed by atoms with E-state index in [-0.39, 0.29) is 17.9 Å². The molecule has 1 unspecified atom stereocenters.